The highest BCUT2D eigenvalue weighted by molar-refractivity contribution is 8.15. The minimum Gasteiger partial charge on any atom is -0.481 e. The number of aromatic nitrogens is 2. The van der Waals surface area contributed by atoms with Gasteiger partial charge in [0.2, 0.25) is 5.91 Å². The average molecular weight is 361 g/mol. The number of thioether (sulfide) groups is 1. The third-order valence-electron chi connectivity index (χ3n) is 3.06. The van der Waals surface area contributed by atoms with Crippen molar-refractivity contribution in [3.8, 4) is 11.3 Å². The van der Waals surface area contributed by atoms with Gasteiger partial charge < -0.3 is 10.4 Å². The topological polar surface area (TPSA) is 117 Å². The predicted octanol–water partition coefficient (Wildman–Crippen LogP) is 1.60. The number of hydrogen-bond donors (Lipinski definition) is 2. The van der Waals surface area contributed by atoms with Crippen LogP contribution in [0.15, 0.2) is 39.8 Å². The molecule has 0 aliphatic carbocycles. The molecule has 2 aromatic rings. The van der Waals surface area contributed by atoms with Gasteiger partial charge in [0.15, 0.2) is 5.17 Å². The molecule has 1 fully saturated rings. The fourth-order valence-electron chi connectivity index (χ4n) is 1.92. The van der Waals surface area contributed by atoms with E-state index in [1.54, 1.807) is 6.21 Å². The van der Waals surface area contributed by atoms with Crippen LogP contribution in [-0.4, -0.2) is 43.2 Å². The summed E-state index contributed by atoms with van der Waals surface area (Å²) < 4.78 is 3.82. The summed E-state index contributed by atoms with van der Waals surface area (Å²) in [5.74, 6) is -1.39. The molecular formula is C14H11N5O3S2. The van der Waals surface area contributed by atoms with E-state index in [1.165, 1.54) is 11.5 Å². The quantitative estimate of drug-likeness (QED) is 0.617. The van der Waals surface area contributed by atoms with Crippen molar-refractivity contribution in [2.45, 2.75) is 11.7 Å². The number of nitrogens with one attached hydrogen (secondary N) is 1. The Bertz CT molecular complexity index is 802. The van der Waals surface area contributed by atoms with Crippen molar-refractivity contribution in [1.29, 1.82) is 0 Å². The normalized spacial score (nSPS) is 19.1. The van der Waals surface area contributed by atoms with Crippen molar-refractivity contribution in [2.75, 3.05) is 0 Å². The molecular weight excluding hydrogens is 350 g/mol. The number of carbonyl (C=O) groups is 2. The van der Waals surface area contributed by atoms with E-state index < -0.39 is 11.2 Å². The summed E-state index contributed by atoms with van der Waals surface area (Å²) >= 11 is 2.36. The molecule has 3 rings (SSSR count). The summed E-state index contributed by atoms with van der Waals surface area (Å²) in [6.07, 6.45) is 1.31. The summed E-state index contributed by atoms with van der Waals surface area (Å²) in [6, 6.07) is 7.54. The fraction of sp³-hybridized carbons (Fsp3) is 0.143. The number of amides is 1. The third kappa shape index (κ3) is 4.03. The van der Waals surface area contributed by atoms with Crippen molar-refractivity contribution in [3.05, 3.63) is 35.2 Å². The SMILES string of the molecule is O=C(O)CC1SC(=NN=Cc2ccc(-c3csnn3)cc2)NC1=O. The molecule has 122 valence electrons. The lowest BCUT2D eigenvalue weighted by Crippen LogP contribution is -2.26. The second-order valence-electron chi connectivity index (χ2n) is 4.76. The third-order valence-corrected chi connectivity index (χ3v) is 4.64. The highest BCUT2D eigenvalue weighted by Gasteiger charge is 2.32. The van der Waals surface area contributed by atoms with Crippen LogP contribution in [0.1, 0.15) is 12.0 Å². The zero-order valence-electron chi connectivity index (χ0n) is 12.1. The van der Waals surface area contributed by atoms with Crippen LogP contribution in [0.2, 0.25) is 0 Å². The van der Waals surface area contributed by atoms with E-state index in [1.807, 2.05) is 29.6 Å². The van der Waals surface area contributed by atoms with Crippen LogP contribution >= 0.6 is 23.3 Å². The molecule has 0 spiro atoms. The van der Waals surface area contributed by atoms with E-state index in [2.05, 4.69) is 25.1 Å². The van der Waals surface area contributed by atoms with Gasteiger partial charge in [0.05, 0.1) is 12.6 Å². The molecule has 1 aromatic heterocycles. The van der Waals surface area contributed by atoms with Crippen molar-refractivity contribution < 1.29 is 14.7 Å². The zero-order chi connectivity index (χ0) is 16.9. The van der Waals surface area contributed by atoms with Gasteiger partial charge in [0, 0.05) is 10.9 Å². The molecule has 0 bridgehead atoms. The van der Waals surface area contributed by atoms with Crippen molar-refractivity contribution in [3.63, 3.8) is 0 Å². The maximum atomic E-state index is 11.6. The van der Waals surface area contributed by atoms with Crippen LogP contribution in [0.3, 0.4) is 0 Å². The molecule has 2 N–H and O–H groups in total. The molecule has 8 nitrogen and oxygen atoms in total. The molecule has 1 atom stereocenters. The molecule has 0 saturated carbocycles. The Balaban J connectivity index is 1.62. The first-order chi connectivity index (χ1) is 11.6. The van der Waals surface area contributed by atoms with Crippen LogP contribution in [0, 0.1) is 0 Å². The monoisotopic (exact) mass is 361 g/mol. The van der Waals surface area contributed by atoms with E-state index in [0.29, 0.717) is 5.17 Å². The van der Waals surface area contributed by atoms with Gasteiger partial charge in [-0.3, -0.25) is 9.59 Å². The Hall–Kier alpha value is -2.59. The van der Waals surface area contributed by atoms with E-state index in [0.717, 1.165) is 28.6 Å². The van der Waals surface area contributed by atoms with Gasteiger partial charge in [0.1, 0.15) is 10.9 Å². The highest BCUT2D eigenvalue weighted by atomic mass is 32.2. The van der Waals surface area contributed by atoms with Crippen LogP contribution < -0.4 is 5.32 Å². The molecule has 1 unspecified atom stereocenters. The van der Waals surface area contributed by atoms with Crippen LogP contribution in [0.4, 0.5) is 0 Å². The summed E-state index contributed by atoms with van der Waals surface area (Å²) in [5, 5.41) is 24.5. The maximum Gasteiger partial charge on any atom is 0.305 e. The Morgan fingerprint density at radius 3 is 2.83 bits per heavy atom. The number of rotatable bonds is 5. The molecule has 1 amide bonds. The van der Waals surface area contributed by atoms with Crippen molar-refractivity contribution >= 4 is 46.6 Å². The van der Waals surface area contributed by atoms with E-state index in [4.69, 9.17) is 5.11 Å². The van der Waals surface area contributed by atoms with E-state index in [9.17, 15) is 9.59 Å². The van der Waals surface area contributed by atoms with Gasteiger partial charge in [-0.15, -0.1) is 10.2 Å². The Morgan fingerprint density at radius 2 is 2.17 bits per heavy atom. The first-order valence-corrected chi connectivity index (χ1v) is 8.51. The second-order valence-corrected chi connectivity index (χ2v) is 6.56. The summed E-state index contributed by atoms with van der Waals surface area (Å²) in [7, 11) is 0. The van der Waals surface area contributed by atoms with Crippen LogP contribution in [0.5, 0.6) is 0 Å². The smallest absolute Gasteiger partial charge is 0.305 e. The molecule has 0 radical (unpaired) electrons. The van der Waals surface area contributed by atoms with Gasteiger partial charge in [-0.25, -0.2) is 0 Å². The number of carboxylic acids is 1. The highest BCUT2D eigenvalue weighted by Crippen LogP contribution is 2.22. The lowest BCUT2D eigenvalue weighted by Gasteiger charge is -1.98. The number of carbonyl (C=O) groups excluding carboxylic acids is 1. The summed E-state index contributed by atoms with van der Waals surface area (Å²) in [4.78, 5) is 22.2. The summed E-state index contributed by atoms with van der Waals surface area (Å²) in [6.45, 7) is 0. The number of hydrogen-bond acceptors (Lipinski definition) is 8. The second kappa shape index (κ2) is 7.32. The minimum absolute atomic E-state index is 0.244. The van der Waals surface area contributed by atoms with Gasteiger partial charge in [-0.1, -0.05) is 40.5 Å². The first kappa shape index (κ1) is 16.3. The maximum absolute atomic E-state index is 11.6. The van der Waals surface area contributed by atoms with Gasteiger partial charge in [-0.05, 0) is 17.1 Å². The molecule has 1 aliphatic rings. The van der Waals surface area contributed by atoms with Crippen molar-refractivity contribution in [2.24, 2.45) is 10.2 Å². The molecule has 1 aliphatic heterocycles. The molecule has 1 saturated heterocycles. The molecule has 10 heteroatoms. The number of carboxylic acid groups (broad SMARTS) is 1. The summed E-state index contributed by atoms with van der Waals surface area (Å²) in [5.41, 5.74) is 2.61. The number of aliphatic carboxylic acids is 1. The van der Waals surface area contributed by atoms with Crippen LogP contribution in [-0.2, 0) is 9.59 Å². The fourth-order valence-corrected chi connectivity index (χ4v) is 3.30. The number of amidine groups is 1. The molecule has 1 aromatic carbocycles. The van der Waals surface area contributed by atoms with Gasteiger partial charge in [0.25, 0.3) is 0 Å². The van der Waals surface area contributed by atoms with Gasteiger partial charge in [-0.2, -0.15) is 5.10 Å². The Kier molecular flexibility index (Phi) is 4.96. The van der Waals surface area contributed by atoms with Crippen molar-refractivity contribution in [1.82, 2.24) is 14.9 Å². The average Bonchev–Trinajstić information content (AvgIpc) is 3.19. The van der Waals surface area contributed by atoms with E-state index >= 15 is 0 Å². The standard InChI is InChI=1S/C14H11N5O3S2/c20-12(21)5-11-13(22)16-14(24-11)18-15-6-8-1-3-9(4-2-8)10-7-23-19-17-10/h1-4,6-7,11H,5H2,(H,20,21)(H,16,18,22). The van der Waals surface area contributed by atoms with Crippen LogP contribution in [0.25, 0.3) is 11.3 Å². The minimum atomic E-state index is -1.03. The largest absolute Gasteiger partial charge is 0.481 e. The predicted molar refractivity (Wildman–Crippen MR) is 92.1 cm³/mol. The lowest BCUT2D eigenvalue weighted by atomic mass is 10.1. The Morgan fingerprint density at radius 1 is 1.38 bits per heavy atom. The Labute approximate surface area is 144 Å². The number of nitrogens with zero attached hydrogens (tertiary/aromatic N) is 4. The number of benzene rings is 1. The zero-order valence-corrected chi connectivity index (χ0v) is 13.8. The molecule has 2 heterocycles. The van der Waals surface area contributed by atoms with E-state index in [-0.39, 0.29) is 12.3 Å². The first-order valence-electron chi connectivity index (χ1n) is 6.79. The van der Waals surface area contributed by atoms with Gasteiger partial charge >= 0.3 is 5.97 Å². The molecule has 24 heavy (non-hydrogen) atoms. The lowest BCUT2D eigenvalue weighted by molar-refractivity contribution is -0.138.